The lowest BCUT2D eigenvalue weighted by Crippen LogP contribution is -2.02. The van der Waals surface area contributed by atoms with Crippen LogP contribution in [-0.2, 0) is 0 Å². The summed E-state index contributed by atoms with van der Waals surface area (Å²) < 4.78 is 5.70. The highest BCUT2D eigenvalue weighted by molar-refractivity contribution is 6.31. The molecular weight excluding hydrogens is 355 g/mol. The molecular formula is C21H12Cl2O2. The van der Waals surface area contributed by atoms with Crippen molar-refractivity contribution in [3.05, 3.63) is 93.3 Å². The Morgan fingerprint density at radius 1 is 0.640 bits per heavy atom. The van der Waals surface area contributed by atoms with E-state index in [1.165, 1.54) is 0 Å². The molecule has 0 saturated heterocycles. The van der Waals surface area contributed by atoms with Crippen molar-refractivity contribution >= 4 is 34.0 Å². The van der Waals surface area contributed by atoms with Crippen LogP contribution in [0.3, 0.4) is 0 Å². The molecule has 0 aliphatic heterocycles. The molecule has 4 aromatic rings. The van der Waals surface area contributed by atoms with Gasteiger partial charge in [0.15, 0.2) is 0 Å². The van der Waals surface area contributed by atoms with Crippen LogP contribution in [0.2, 0.25) is 10.0 Å². The maximum absolute atomic E-state index is 12.5. The average molecular weight is 367 g/mol. The summed E-state index contributed by atoms with van der Waals surface area (Å²) in [4.78, 5) is 12.5. The Kier molecular flexibility index (Phi) is 4.08. The number of fused-ring (bicyclic) bond motifs is 1. The Morgan fingerprint density at radius 2 is 1.16 bits per heavy atom. The second kappa shape index (κ2) is 6.40. The lowest BCUT2D eigenvalue weighted by Gasteiger charge is -2.12. The predicted octanol–water partition coefficient (Wildman–Crippen LogP) is 6.43. The first-order valence-corrected chi connectivity index (χ1v) is 8.47. The van der Waals surface area contributed by atoms with Crippen LogP contribution in [0.5, 0.6) is 0 Å². The van der Waals surface area contributed by atoms with Gasteiger partial charge < -0.3 is 4.42 Å². The van der Waals surface area contributed by atoms with E-state index in [2.05, 4.69) is 0 Å². The van der Waals surface area contributed by atoms with Gasteiger partial charge in [-0.1, -0.05) is 53.5 Å². The van der Waals surface area contributed by atoms with Gasteiger partial charge in [-0.05, 0) is 48.0 Å². The van der Waals surface area contributed by atoms with E-state index in [1.54, 1.807) is 18.2 Å². The third-order valence-corrected chi connectivity index (χ3v) is 4.58. The fraction of sp³-hybridized carbons (Fsp3) is 0. The van der Waals surface area contributed by atoms with Gasteiger partial charge in [-0.3, -0.25) is 0 Å². The number of rotatable bonds is 2. The summed E-state index contributed by atoms with van der Waals surface area (Å²) in [7, 11) is 0. The molecule has 2 nitrogen and oxygen atoms in total. The largest absolute Gasteiger partial charge is 0.422 e. The van der Waals surface area contributed by atoms with E-state index in [-0.39, 0.29) is 5.63 Å². The normalized spacial score (nSPS) is 11.0. The minimum absolute atomic E-state index is 0.363. The summed E-state index contributed by atoms with van der Waals surface area (Å²) in [5, 5.41) is 2.66. The second-order valence-corrected chi connectivity index (χ2v) is 6.53. The summed E-state index contributed by atoms with van der Waals surface area (Å²) >= 11 is 12.0. The first-order valence-electron chi connectivity index (χ1n) is 7.71. The van der Waals surface area contributed by atoms with Crippen molar-refractivity contribution in [3.8, 4) is 22.5 Å². The van der Waals surface area contributed by atoms with E-state index in [1.807, 2.05) is 54.6 Å². The predicted molar refractivity (Wildman–Crippen MR) is 103 cm³/mol. The van der Waals surface area contributed by atoms with E-state index >= 15 is 0 Å². The number of benzene rings is 3. The van der Waals surface area contributed by atoms with Crippen LogP contribution in [0.15, 0.2) is 82.0 Å². The Balaban J connectivity index is 2.11. The molecule has 0 bridgehead atoms. The van der Waals surface area contributed by atoms with Crippen LogP contribution >= 0.6 is 23.2 Å². The number of hydrogen-bond acceptors (Lipinski definition) is 2. The van der Waals surface area contributed by atoms with Gasteiger partial charge in [0.05, 0.1) is 5.39 Å². The Bertz CT molecular complexity index is 1110. The van der Waals surface area contributed by atoms with Crippen LogP contribution < -0.4 is 5.63 Å². The smallest absolute Gasteiger partial charge is 0.344 e. The first-order chi connectivity index (χ1) is 12.1. The highest BCUT2D eigenvalue weighted by atomic mass is 35.5. The standard InChI is InChI=1S/C21H12Cl2O2/c22-15-9-5-13(6-10-15)19-17-3-1-2-4-18(17)21(24)25-20(19)14-7-11-16(23)12-8-14/h1-12H. The minimum Gasteiger partial charge on any atom is -0.422 e. The molecule has 25 heavy (non-hydrogen) atoms. The van der Waals surface area contributed by atoms with Gasteiger partial charge in [-0.15, -0.1) is 0 Å². The van der Waals surface area contributed by atoms with Crippen LogP contribution in [0.25, 0.3) is 33.2 Å². The molecule has 0 aliphatic rings. The van der Waals surface area contributed by atoms with Crippen molar-refractivity contribution in [3.63, 3.8) is 0 Å². The highest BCUT2D eigenvalue weighted by Crippen LogP contribution is 2.37. The summed E-state index contributed by atoms with van der Waals surface area (Å²) in [6.45, 7) is 0. The van der Waals surface area contributed by atoms with Gasteiger partial charge in [-0.2, -0.15) is 0 Å². The zero-order chi connectivity index (χ0) is 17.4. The quantitative estimate of drug-likeness (QED) is 0.408. The third-order valence-electron chi connectivity index (χ3n) is 4.08. The lowest BCUT2D eigenvalue weighted by atomic mass is 9.95. The van der Waals surface area contributed by atoms with Gasteiger partial charge in [0, 0.05) is 26.6 Å². The molecule has 0 saturated carbocycles. The zero-order valence-electron chi connectivity index (χ0n) is 13.0. The summed E-state index contributed by atoms with van der Waals surface area (Å²) in [6, 6.07) is 22.2. The van der Waals surface area contributed by atoms with E-state index in [9.17, 15) is 4.79 Å². The van der Waals surface area contributed by atoms with Crippen molar-refractivity contribution in [1.82, 2.24) is 0 Å². The van der Waals surface area contributed by atoms with E-state index in [0.717, 1.165) is 22.1 Å². The van der Waals surface area contributed by atoms with Gasteiger partial charge in [0.25, 0.3) is 0 Å². The average Bonchev–Trinajstić information content (AvgIpc) is 2.63. The van der Waals surface area contributed by atoms with Gasteiger partial charge >= 0.3 is 5.63 Å². The Labute approximate surface area is 154 Å². The molecule has 1 heterocycles. The van der Waals surface area contributed by atoms with E-state index in [0.29, 0.717) is 21.2 Å². The topological polar surface area (TPSA) is 30.2 Å². The molecule has 4 heteroatoms. The molecule has 0 aliphatic carbocycles. The third kappa shape index (κ3) is 2.95. The number of hydrogen-bond donors (Lipinski definition) is 0. The lowest BCUT2D eigenvalue weighted by molar-refractivity contribution is 0.536. The second-order valence-electron chi connectivity index (χ2n) is 5.65. The van der Waals surface area contributed by atoms with Crippen molar-refractivity contribution in [2.75, 3.05) is 0 Å². The summed E-state index contributed by atoms with van der Waals surface area (Å²) in [5.74, 6) is 0.516. The molecule has 0 fully saturated rings. The molecule has 0 atom stereocenters. The molecule has 0 amide bonds. The molecule has 1 aromatic heterocycles. The molecule has 0 radical (unpaired) electrons. The molecule has 0 unspecified atom stereocenters. The van der Waals surface area contributed by atoms with Crippen LogP contribution in [-0.4, -0.2) is 0 Å². The zero-order valence-corrected chi connectivity index (χ0v) is 14.5. The summed E-state index contributed by atoms with van der Waals surface area (Å²) in [5.41, 5.74) is 2.21. The fourth-order valence-electron chi connectivity index (χ4n) is 2.91. The molecule has 122 valence electrons. The van der Waals surface area contributed by atoms with Gasteiger partial charge in [-0.25, -0.2) is 4.79 Å². The molecule has 4 rings (SSSR count). The van der Waals surface area contributed by atoms with E-state index in [4.69, 9.17) is 27.6 Å². The molecule has 0 N–H and O–H groups in total. The molecule has 0 spiro atoms. The SMILES string of the molecule is O=c1oc(-c2ccc(Cl)cc2)c(-c2ccc(Cl)cc2)c2ccccc12. The first kappa shape index (κ1) is 15.9. The monoisotopic (exact) mass is 366 g/mol. The molecule has 3 aromatic carbocycles. The van der Waals surface area contributed by atoms with E-state index < -0.39 is 0 Å². The van der Waals surface area contributed by atoms with Crippen molar-refractivity contribution in [2.24, 2.45) is 0 Å². The Morgan fingerprint density at radius 3 is 1.76 bits per heavy atom. The minimum atomic E-state index is -0.363. The van der Waals surface area contributed by atoms with Crippen LogP contribution in [0.1, 0.15) is 0 Å². The maximum Gasteiger partial charge on any atom is 0.344 e. The van der Waals surface area contributed by atoms with Crippen molar-refractivity contribution < 1.29 is 4.42 Å². The van der Waals surface area contributed by atoms with Crippen LogP contribution in [0.4, 0.5) is 0 Å². The fourth-order valence-corrected chi connectivity index (χ4v) is 3.16. The summed E-state index contributed by atoms with van der Waals surface area (Å²) in [6.07, 6.45) is 0. The van der Waals surface area contributed by atoms with Crippen molar-refractivity contribution in [1.29, 1.82) is 0 Å². The van der Waals surface area contributed by atoms with Crippen LogP contribution in [0, 0.1) is 0 Å². The Hall–Kier alpha value is -2.55. The van der Waals surface area contributed by atoms with Gasteiger partial charge in [0.2, 0.25) is 0 Å². The number of halogens is 2. The highest BCUT2D eigenvalue weighted by Gasteiger charge is 2.17. The van der Waals surface area contributed by atoms with Gasteiger partial charge in [0.1, 0.15) is 5.76 Å². The van der Waals surface area contributed by atoms with Crippen molar-refractivity contribution in [2.45, 2.75) is 0 Å². The maximum atomic E-state index is 12.5.